The first-order valence-corrected chi connectivity index (χ1v) is 7.92. The molecule has 0 aliphatic rings. The van der Waals surface area contributed by atoms with Crippen LogP contribution in [0.15, 0.2) is 17.5 Å². The second kappa shape index (κ2) is 9.47. The van der Waals surface area contributed by atoms with Gasteiger partial charge in [-0.1, -0.05) is 6.07 Å². The van der Waals surface area contributed by atoms with Crippen LogP contribution in [0, 0.1) is 0 Å². The minimum Gasteiger partial charge on any atom is -0.389 e. The zero-order valence-electron chi connectivity index (χ0n) is 12.9. The average Bonchev–Trinajstić information content (AvgIpc) is 2.89. The van der Waals surface area contributed by atoms with E-state index in [-0.39, 0.29) is 6.10 Å². The quantitative estimate of drug-likeness (QED) is 0.718. The molecule has 1 aromatic rings. The van der Waals surface area contributed by atoms with Crippen molar-refractivity contribution in [1.82, 2.24) is 4.90 Å². The molecule has 1 heterocycles. The highest BCUT2D eigenvalue weighted by molar-refractivity contribution is 7.09. The van der Waals surface area contributed by atoms with Gasteiger partial charge in [0.1, 0.15) is 0 Å². The number of thiophene rings is 1. The molecule has 0 amide bonds. The molecule has 1 aromatic heterocycles. The predicted octanol–water partition coefficient (Wildman–Crippen LogP) is 2.02. The Morgan fingerprint density at radius 2 is 2.10 bits per heavy atom. The van der Waals surface area contributed by atoms with Crippen molar-refractivity contribution in [2.45, 2.75) is 38.5 Å². The Labute approximate surface area is 126 Å². The molecule has 0 aliphatic heterocycles. The second-order valence-electron chi connectivity index (χ2n) is 5.33. The van der Waals surface area contributed by atoms with Gasteiger partial charge < -0.3 is 19.5 Å². The molecule has 0 saturated carbocycles. The Morgan fingerprint density at radius 1 is 1.35 bits per heavy atom. The highest BCUT2D eigenvalue weighted by Gasteiger charge is 2.15. The predicted molar refractivity (Wildman–Crippen MR) is 83.4 cm³/mol. The molecule has 0 fully saturated rings. The number of aliphatic hydroxyl groups is 1. The lowest BCUT2D eigenvalue weighted by molar-refractivity contribution is -0.0401. The Bertz CT molecular complexity index is 345. The van der Waals surface area contributed by atoms with E-state index in [9.17, 15) is 5.11 Å². The monoisotopic (exact) mass is 301 g/mol. The van der Waals surface area contributed by atoms with Gasteiger partial charge >= 0.3 is 0 Å². The summed E-state index contributed by atoms with van der Waals surface area (Å²) in [5, 5.41) is 12.1. The molecule has 1 N–H and O–H groups in total. The molecule has 3 unspecified atom stereocenters. The fourth-order valence-corrected chi connectivity index (χ4v) is 2.83. The number of aliphatic hydroxyl groups excluding tert-OH is 1. The molecule has 0 aliphatic carbocycles. The Morgan fingerprint density at radius 3 is 2.70 bits per heavy atom. The van der Waals surface area contributed by atoms with Gasteiger partial charge in [0.15, 0.2) is 0 Å². The highest BCUT2D eigenvalue weighted by atomic mass is 32.1. The molecule has 3 atom stereocenters. The third-order valence-corrected chi connectivity index (χ3v) is 4.20. The maximum absolute atomic E-state index is 10.0. The van der Waals surface area contributed by atoms with Crippen LogP contribution in [0.5, 0.6) is 0 Å². The average molecular weight is 301 g/mol. The van der Waals surface area contributed by atoms with Crippen molar-refractivity contribution in [3.63, 3.8) is 0 Å². The zero-order chi connectivity index (χ0) is 15.0. The van der Waals surface area contributed by atoms with Crippen molar-refractivity contribution >= 4 is 11.3 Å². The van der Waals surface area contributed by atoms with Gasteiger partial charge in [0.25, 0.3) is 0 Å². The number of methoxy groups -OCH3 is 1. The Balaban J connectivity index is 2.24. The molecule has 20 heavy (non-hydrogen) atoms. The maximum Gasteiger partial charge on any atom is 0.0900 e. The van der Waals surface area contributed by atoms with Crippen LogP contribution < -0.4 is 0 Å². The molecule has 1 rings (SSSR count). The largest absolute Gasteiger partial charge is 0.389 e. The summed E-state index contributed by atoms with van der Waals surface area (Å²) in [6.45, 7) is 5.64. The first-order valence-electron chi connectivity index (χ1n) is 7.04. The summed E-state index contributed by atoms with van der Waals surface area (Å²) >= 11 is 1.78. The normalized spacial score (nSPS) is 16.3. The van der Waals surface area contributed by atoms with Gasteiger partial charge in [-0.05, 0) is 38.8 Å². The highest BCUT2D eigenvalue weighted by Crippen LogP contribution is 2.13. The van der Waals surface area contributed by atoms with Crippen molar-refractivity contribution in [1.29, 1.82) is 0 Å². The van der Waals surface area contributed by atoms with E-state index in [2.05, 4.69) is 29.3 Å². The molecule has 0 bridgehead atoms. The van der Waals surface area contributed by atoms with Crippen LogP contribution in [-0.4, -0.2) is 62.2 Å². The molecule has 0 saturated heterocycles. The summed E-state index contributed by atoms with van der Waals surface area (Å²) in [4.78, 5) is 3.55. The lowest BCUT2D eigenvalue weighted by atomic mass is 10.1. The number of hydrogen-bond acceptors (Lipinski definition) is 5. The minimum atomic E-state index is -0.468. The first kappa shape index (κ1) is 17.6. The van der Waals surface area contributed by atoms with Gasteiger partial charge in [-0.15, -0.1) is 11.3 Å². The van der Waals surface area contributed by atoms with E-state index in [1.54, 1.807) is 18.4 Å². The summed E-state index contributed by atoms with van der Waals surface area (Å²) in [6.07, 6.45) is 0.565. The van der Waals surface area contributed by atoms with Crippen molar-refractivity contribution < 1.29 is 14.6 Å². The molecule has 4 nitrogen and oxygen atoms in total. The van der Waals surface area contributed by atoms with Gasteiger partial charge in [-0.3, -0.25) is 0 Å². The van der Waals surface area contributed by atoms with E-state index in [1.807, 2.05) is 14.0 Å². The van der Waals surface area contributed by atoms with Crippen molar-refractivity contribution in [2.24, 2.45) is 0 Å². The van der Waals surface area contributed by atoms with Gasteiger partial charge in [0.2, 0.25) is 0 Å². The minimum absolute atomic E-state index is 0.0171. The first-order chi connectivity index (χ1) is 9.52. The van der Waals surface area contributed by atoms with Crippen LogP contribution in [0.1, 0.15) is 18.7 Å². The van der Waals surface area contributed by atoms with E-state index in [0.717, 1.165) is 6.42 Å². The fourth-order valence-electron chi connectivity index (χ4n) is 2.00. The van der Waals surface area contributed by atoms with Crippen molar-refractivity contribution in [3.8, 4) is 0 Å². The Hall–Kier alpha value is -0.460. The van der Waals surface area contributed by atoms with Gasteiger partial charge in [0.05, 0.1) is 25.4 Å². The summed E-state index contributed by atoms with van der Waals surface area (Å²) in [5.74, 6) is 0. The smallest absolute Gasteiger partial charge is 0.0900 e. The molecule has 0 aromatic carbocycles. The number of ether oxygens (including phenoxy) is 2. The topological polar surface area (TPSA) is 41.9 Å². The van der Waals surface area contributed by atoms with Gasteiger partial charge in [-0.25, -0.2) is 0 Å². The summed E-state index contributed by atoms with van der Waals surface area (Å²) in [6, 6.07) is 4.63. The molecular formula is C15H27NO3S. The van der Waals surface area contributed by atoms with Crippen LogP contribution in [0.4, 0.5) is 0 Å². The zero-order valence-corrected chi connectivity index (χ0v) is 13.7. The summed E-state index contributed by atoms with van der Waals surface area (Å²) in [5.41, 5.74) is 0. The third kappa shape index (κ3) is 6.81. The molecule has 0 radical (unpaired) electrons. The third-order valence-electron chi connectivity index (χ3n) is 3.30. The second-order valence-corrected chi connectivity index (χ2v) is 6.36. The van der Waals surface area contributed by atoms with E-state index in [0.29, 0.717) is 25.8 Å². The van der Waals surface area contributed by atoms with E-state index in [1.165, 1.54) is 4.88 Å². The van der Waals surface area contributed by atoms with Crippen LogP contribution in [0.3, 0.4) is 0 Å². The molecule has 116 valence electrons. The van der Waals surface area contributed by atoms with E-state index < -0.39 is 6.10 Å². The van der Waals surface area contributed by atoms with E-state index in [4.69, 9.17) is 9.47 Å². The standard InChI is InChI=1S/C15H27NO3S/c1-12(8-15-6-5-7-20-15)16(3)9-14(17)11-19-13(2)10-18-4/h5-7,12-14,17H,8-11H2,1-4H3. The maximum atomic E-state index is 10.0. The lowest BCUT2D eigenvalue weighted by Gasteiger charge is -2.27. The Kier molecular flexibility index (Phi) is 8.33. The summed E-state index contributed by atoms with van der Waals surface area (Å²) in [7, 11) is 3.69. The van der Waals surface area contributed by atoms with Crippen molar-refractivity contribution in [2.75, 3.05) is 33.9 Å². The number of rotatable bonds is 10. The number of nitrogens with zero attached hydrogens (tertiary/aromatic N) is 1. The van der Waals surface area contributed by atoms with E-state index >= 15 is 0 Å². The van der Waals surface area contributed by atoms with Crippen LogP contribution in [0.25, 0.3) is 0 Å². The fraction of sp³-hybridized carbons (Fsp3) is 0.733. The van der Waals surface area contributed by atoms with Crippen molar-refractivity contribution in [3.05, 3.63) is 22.4 Å². The van der Waals surface area contributed by atoms with Crippen LogP contribution in [-0.2, 0) is 15.9 Å². The van der Waals surface area contributed by atoms with Gasteiger partial charge in [-0.2, -0.15) is 0 Å². The SMILES string of the molecule is COCC(C)OCC(O)CN(C)C(C)Cc1cccs1. The number of likely N-dealkylation sites (N-methyl/N-ethyl adjacent to an activating group) is 1. The molecule has 5 heteroatoms. The number of hydrogen-bond donors (Lipinski definition) is 1. The lowest BCUT2D eigenvalue weighted by Crippen LogP contribution is -2.39. The van der Waals surface area contributed by atoms with Crippen LogP contribution in [0.2, 0.25) is 0 Å². The molecule has 0 spiro atoms. The van der Waals surface area contributed by atoms with Crippen LogP contribution >= 0.6 is 11.3 Å². The summed E-state index contributed by atoms with van der Waals surface area (Å²) < 4.78 is 10.5. The molecular weight excluding hydrogens is 274 g/mol. The van der Waals surface area contributed by atoms with Gasteiger partial charge in [0, 0.05) is 24.6 Å².